The number of benzene rings is 6. The molecule has 0 spiro atoms. The molecule has 0 aliphatic heterocycles. The third-order valence-corrected chi connectivity index (χ3v) is 13.9. The van der Waals surface area contributed by atoms with Crippen LogP contribution in [-0.4, -0.2) is 16.5 Å². The molecule has 1 aliphatic rings. The summed E-state index contributed by atoms with van der Waals surface area (Å²) in [6, 6.07) is 55.7. The van der Waals surface area contributed by atoms with Crippen LogP contribution in [0.1, 0.15) is 53.6 Å². The predicted octanol–water partition coefficient (Wildman–Crippen LogP) is 10.8. The first-order valence-corrected chi connectivity index (χ1v) is 18.8. The van der Waals surface area contributed by atoms with E-state index in [2.05, 4.69) is 22.0 Å². The Hall–Kier alpha value is -5.42. The monoisotopic (exact) mass is 778 g/mol. The van der Waals surface area contributed by atoms with Gasteiger partial charge in [-0.2, -0.15) is 5.26 Å². The molecule has 1 saturated carbocycles. The van der Waals surface area contributed by atoms with Crippen molar-refractivity contribution in [3.63, 3.8) is 0 Å². The minimum atomic E-state index is -2.33. The summed E-state index contributed by atoms with van der Waals surface area (Å²) in [4.78, 5) is 15.0. The molecule has 1 fully saturated rings. The van der Waals surface area contributed by atoms with Gasteiger partial charge in [0.05, 0.1) is 16.9 Å². The highest BCUT2D eigenvalue weighted by atomic mass is 79.9. The van der Waals surface area contributed by atoms with Gasteiger partial charge in [0.1, 0.15) is 11.2 Å². The molecule has 270 valence electrons. The number of hydrogen-bond donors (Lipinski definition) is 0. The van der Waals surface area contributed by atoms with Gasteiger partial charge in [-0.15, -0.1) is 0 Å². The largest absolute Gasteiger partial charge is 0.358 e. The summed E-state index contributed by atoms with van der Waals surface area (Å²) >= 11 is 4.22. The summed E-state index contributed by atoms with van der Waals surface area (Å²) in [6.07, 6.45) is 0.141. The highest BCUT2D eigenvalue weighted by molar-refractivity contribution is 9.10. The Kier molecular flexibility index (Phi) is 9.42. The summed E-state index contributed by atoms with van der Waals surface area (Å²) < 4.78 is 22.5. The lowest BCUT2D eigenvalue weighted by atomic mass is 9.27. The van der Waals surface area contributed by atoms with E-state index >= 15 is 14.5 Å². The van der Waals surface area contributed by atoms with Gasteiger partial charge in [-0.25, -0.2) is 4.39 Å². The van der Waals surface area contributed by atoms with Crippen molar-refractivity contribution in [3.05, 3.63) is 225 Å². The topological polar surface area (TPSA) is 76.2 Å². The lowest BCUT2D eigenvalue weighted by Gasteiger charge is -2.74. The van der Waals surface area contributed by atoms with Crippen LogP contribution in [-0.2, 0) is 31.9 Å². The van der Waals surface area contributed by atoms with E-state index in [-0.39, 0.29) is 16.9 Å². The fraction of sp³-hybridized carbons (Fsp3) is 0.213. The van der Waals surface area contributed by atoms with Crippen molar-refractivity contribution in [1.82, 2.24) is 0 Å². The number of hydrogen-bond acceptors (Lipinski definition) is 4. The van der Waals surface area contributed by atoms with Gasteiger partial charge in [0, 0.05) is 23.0 Å². The zero-order valence-corrected chi connectivity index (χ0v) is 31.9. The zero-order valence-electron chi connectivity index (χ0n) is 30.3. The highest BCUT2D eigenvalue weighted by Crippen LogP contribution is 2.81. The van der Waals surface area contributed by atoms with Crippen molar-refractivity contribution in [1.29, 1.82) is 5.26 Å². The van der Waals surface area contributed by atoms with Crippen LogP contribution in [0.4, 0.5) is 4.39 Å². The summed E-state index contributed by atoms with van der Waals surface area (Å²) in [7, 11) is 1.48. The van der Waals surface area contributed by atoms with Crippen LogP contribution in [0.3, 0.4) is 0 Å². The lowest BCUT2D eigenvalue weighted by Crippen LogP contribution is -2.88. The first-order chi connectivity index (χ1) is 26.2. The average molecular weight is 780 g/mol. The van der Waals surface area contributed by atoms with E-state index in [0.29, 0.717) is 27.8 Å². The van der Waals surface area contributed by atoms with Gasteiger partial charge in [0.2, 0.25) is 4.51 Å². The molecule has 0 amide bonds. The lowest BCUT2D eigenvalue weighted by molar-refractivity contribution is -0.624. The maximum atomic E-state index is 17.6. The molecule has 0 aromatic heterocycles. The Morgan fingerprint density at radius 3 is 1.44 bits per heavy atom. The third kappa shape index (κ3) is 4.27. The highest BCUT2D eigenvalue weighted by Gasteiger charge is 2.94. The number of nitriles is 1. The Balaban J connectivity index is 1.98. The first kappa shape index (κ1) is 36.9. The normalized spacial score (nSPS) is 27.4. The average Bonchev–Trinajstić information content (AvgIpc) is 3.22. The molecule has 5 atom stereocenters. The molecule has 0 radical (unpaired) electrons. The van der Waals surface area contributed by atoms with Crippen molar-refractivity contribution in [2.45, 2.75) is 52.0 Å². The van der Waals surface area contributed by atoms with E-state index in [9.17, 15) is 5.26 Å². The van der Waals surface area contributed by atoms with E-state index in [0.717, 1.165) is 0 Å². The second-order valence-corrected chi connectivity index (χ2v) is 15.2. The van der Waals surface area contributed by atoms with Crippen molar-refractivity contribution >= 4 is 15.9 Å². The predicted molar refractivity (Wildman–Crippen MR) is 213 cm³/mol. The van der Waals surface area contributed by atoms with E-state index in [4.69, 9.17) is 4.74 Å². The number of ether oxygens (including phenoxy) is 1. The maximum Gasteiger partial charge on any atom is 0.297 e. The van der Waals surface area contributed by atoms with Gasteiger partial charge >= 0.3 is 0 Å². The third-order valence-electron chi connectivity index (χ3n) is 12.5. The van der Waals surface area contributed by atoms with Crippen LogP contribution in [0.5, 0.6) is 0 Å². The van der Waals surface area contributed by atoms with Gasteiger partial charge in [0.25, 0.3) is 5.54 Å². The van der Waals surface area contributed by atoms with Crippen LogP contribution in [0, 0.1) is 27.3 Å². The molecule has 6 aromatic carbocycles. The summed E-state index contributed by atoms with van der Waals surface area (Å²) in [5.74, 6) is -0.541. The Morgan fingerprint density at radius 2 is 1.06 bits per heavy atom. The van der Waals surface area contributed by atoms with Gasteiger partial charge in [-0.05, 0) is 63.2 Å². The number of nitro groups is 1. The Morgan fingerprint density at radius 1 is 0.667 bits per heavy atom. The summed E-state index contributed by atoms with van der Waals surface area (Å²) in [6.45, 7) is 3.77. The van der Waals surface area contributed by atoms with E-state index < -0.39 is 37.5 Å². The minimum Gasteiger partial charge on any atom is -0.358 e. The number of methoxy groups -OCH3 is 1. The van der Waals surface area contributed by atoms with Crippen LogP contribution < -0.4 is 0 Å². The standard InChI is InChI=1S/C47H40BrFN2O3/c1-4-43(40-32-20-21-33-41(40)49)44(34-50,36-24-12-6-13-25-36)42(2,35-22-10-5-11-23-35)46(51(52)53,39-30-18-9-19-31-39)47(48,54-3)45(43,37-26-14-7-15-27-37)38-28-16-8-17-29-38/h5-33H,4H2,1-3H3. The molecule has 0 saturated heterocycles. The van der Waals surface area contributed by atoms with Gasteiger partial charge in [-0.3, -0.25) is 10.1 Å². The van der Waals surface area contributed by atoms with E-state index in [1.807, 2.05) is 141 Å². The fourth-order valence-corrected chi connectivity index (χ4v) is 12.3. The van der Waals surface area contributed by atoms with Gasteiger partial charge in [0.15, 0.2) is 0 Å². The van der Waals surface area contributed by atoms with Crippen LogP contribution in [0.25, 0.3) is 0 Å². The fourth-order valence-electron chi connectivity index (χ4n) is 10.7. The Labute approximate surface area is 324 Å². The zero-order chi connectivity index (χ0) is 38.2. The number of alkyl halides is 1. The molecular weight excluding hydrogens is 739 g/mol. The molecular formula is C47H40BrFN2O3. The molecule has 7 rings (SSSR count). The Bertz CT molecular complexity index is 2270. The smallest absolute Gasteiger partial charge is 0.297 e. The number of rotatable bonds is 9. The van der Waals surface area contributed by atoms with Crippen molar-refractivity contribution in [2.75, 3.05) is 7.11 Å². The molecule has 6 aromatic rings. The van der Waals surface area contributed by atoms with Crippen molar-refractivity contribution in [2.24, 2.45) is 0 Å². The molecule has 1 aliphatic carbocycles. The van der Waals surface area contributed by atoms with Crippen molar-refractivity contribution < 1.29 is 14.1 Å². The second kappa shape index (κ2) is 13.8. The van der Waals surface area contributed by atoms with Gasteiger partial charge < -0.3 is 4.74 Å². The molecule has 0 bridgehead atoms. The van der Waals surface area contributed by atoms with Crippen LogP contribution in [0.15, 0.2) is 176 Å². The molecule has 0 heterocycles. The second-order valence-electron chi connectivity index (χ2n) is 14.1. The summed E-state index contributed by atoms with van der Waals surface area (Å²) in [5.41, 5.74) is -6.76. The maximum absolute atomic E-state index is 17.6. The van der Waals surface area contributed by atoms with Crippen LogP contribution >= 0.6 is 15.9 Å². The molecule has 5 nitrogen and oxygen atoms in total. The molecule has 7 heteroatoms. The van der Waals surface area contributed by atoms with Crippen molar-refractivity contribution in [3.8, 4) is 6.07 Å². The quantitative estimate of drug-likeness (QED) is 0.0832. The van der Waals surface area contributed by atoms with E-state index in [1.54, 1.807) is 42.5 Å². The van der Waals surface area contributed by atoms with Crippen LogP contribution in [0.2, 0.25) is 0 Å². The molecule has 0 N–H and O–H groups in total. The molecule has 54 heavy (non-hydrogen) atoms. The summed E-state index contributed by atoms with van der Waals surface area (Å²) in [5, 5.41) is 27.9. The molecule has 5 unspecified atom stereocenters. The first-order valence-electron chi connectivity index (χ1n) is 18.0. The number of halogens is 2. The van der Waals surface area contributed by atoms with E-state index in [1.165, 1.54) is 13.2 Å². The SMILES string of the molecule is CCC1(c2ccccc2F)C(C#N)(c2ccccc2)C(C)(c2ccccc2)C(c2ccccc2)([N+](=O)[O-])C(Br)(OC)C1(c1ccccc1)c1ccccc1. The number of nitrogens with zero attached hydrogens (tertiary/aromatic N) is 2. The minimum absolute atomic E-state index is 0.141. The van der Waals surface area contributed by atoms with Gasteiger partial charge in [-0.1, -0.05) is 177 Å².